The molecule has 0 spiro atoms. The van der Waals surface area contributed by atoms with Crippen LogP contribution in [0.5, 0.6) is 5.75 Å². The fourth-order valence-electron chi connectivity index (χ4n) is 1.89. The lowest BCUT2D eigenvalue weighted by Gasteiger charge is -2.12. The maximum atomic E-state index is 9.88. The summed E-state index contributed by atoms with van der Waals surface area (Å²) in [7, 11) is 0. The largest absolute Gasteiger partial charge is 0.507 e. The second-order valence-electron chi connectivity index (χ2n) is 4.17. The number of aryl methyl sites for hydroxylation is 2. The lowest BCUT2D eigenvalue weighted by molar-refractivity contribution is 0.460. The lowest BCUT2D eigenvalue weighted by atomic mass is 9.93. The van der Waals surface area contributed by atoms with Crippen LogP contribution in [0.15, 0.2) is 12.1 Å². The molecular weight excluding hydrogens is 174 g/mol. The van der Waals surface area contributed by atoms with E-state index in [1.807, 2.05) is 26.0 Å². The number of nitriles is 1. The van der Waals surface area contributed by atoms with Crippen molar-refractivity contribution in [2.24, 2.45) is 0 Å². The van der Waals surface area contributed by atoms with E-state index in [9.17, 15) is 5.11 Å². The van der Waals surface area contributed by atoms with E-state index in [0.29, 0.717) is 5.75 Å². The first-order valence-corrected chi connectivity index (χ1v) is 4.81. The number of rotatable bonds is 1. The van der Waals surface area contributed by atoms with E-state index < -0.39 is 0 Å². The summed E-state index contributed by atoms with van der Waals surface area (Å²) in [4.78, 5) is 0. The van der Waals surface area contributed by atoms with Crippen LogP contribution >= 0.6 is 0 Å². The maximum Gasteiger partial charge on any atom is 0.123 e. The minimum Gasteiger partial charge on any atom is -0.507 e. The first-order chi connectivity index (χ1) is 6.59. The number of hydrogen-bond donors (Lipinski definition) is 1. The molecule has 0 aromatic heterocycles. The zero-order valence-electron chi connectivity index (χ0n) is 8.46. The number of benzene rings is 1. The Morgan fingerprint density at radius 2 is 2.00 bits per heavy atom. The number of phenols is 1. The minimum atomic E-state index is -0.388. The predicted molar refractivity (Wildman–Crippen MR) is 54.1 cm³/mol. The van der Waals surface area contributed by atoms with Gasteiger partial charge in [-0.25, -0.2) is 0 Å². The van der Waals surface area contributed by atoms with Crippen LogP contribution in [0.1, 0.15) is 29.5 Å². The highest BCUT2D eigenvalue weighted by molar-refractivity contribution is 5.52. The van der Waals surface area contributed by atoms with Gasteiger partial charge in [-0.15, -0.1) is 0 Å². The third-order valence-electron chi connectivity index (χ3n) is 2.92. The van der Waals surface area contributed by atoms with Gasteiger partial charge in [-0.2, -0.15) is 5.26 Å². The molecule has 1 aliphatic rings. The molecule has 1 aromatic carbocycles. The van der Waals surface area contributed by atoms with E-state index in [2.05, 4.69) is 6.07 Å². The SMILES string of the molecule is Cc1cc(C)c(O)c(C2(C#N)CC2)c1. The van der Waals surface area contributed by atoms with E-state index in [1.54, 1.807) is 0 Å². The molecule has 0 bridgehead atoms. The van der Waals surface area contributed by atoms with E-state index in [-0.39, 0.29) is 5.41 Å². The Balaban J connectivity index is 2.59. The maximum absolute atomic E-state index is 9.88. The zero-order valence-corrected chi connectivity index (χ0v) is 8.46. The van der Waals surface area contributed by atoms with Crippen LogP contribution in [0.25, 0.3) is 0 Å². The van der Waals surface area contributed by atoms with Gasteiger partial charge in [-0.05, 0) is 32.3 Å². The average molecular weight is 187 g/mol. The van der Waals surface area contributed by atoms with Gasteiger partial charge in [0, 0.05) is 5.56 Å². The fraction of sp³-hybridized carbons (Fsp3) is 0.417. The molecule has 2 rings (SSSR count). The standard InChI is InChI=1S/C12H13NO/c1-8-5-9(2)11(14)10(6-8)12(7-13)3-4-12/h5-6,14H,3-4H2,1-2H3. The van der Waals surface area contributed by atoms with E-state index in [0.717, 1.165) is 29.5 Å². The minimum absolute atomic E-state index is 0.301. The molecule has 1 N–H and O–H groups in total. The van der Waals surface area contributed by atoms with Crippen molar-refractivity contribution in [2.75, 3.05) is 0 Å². The predicted octanol–water partition coefficient (Wildman–Crippen LogP) is 2.56. The molecule has 1 aliphatic carbocycles. The first kappa shape index (κ1) is 9.08. The summed E-state index contributed by atoms with van der Waals surface area (Å²) in [5.74, 6) is 0.301. The summed E-state index contributed by atoms with van der Waals surface area (Å²) < 4.78 is 0. The highest BCUT2D eigenvalue weighted by Gasteiger charge is 2.46. The van der Waals surface area contributed by atoms with Gasteiger partial charge < -0.3 is 5.11 Å². The van der Waals surface area contributed by atoms with Gasteiger partial charge >= 0.3 is 0 Å². The highest BCUT2D eigenvalue weighted by atomic mass is 16.3. The van der Waals surface area contributed by atoms with E-state index in [4.69, 9.17) is 5.26 Å². The van der Waals surface area contributed by atoms with Crippen molar-refractivity contribution < 1.29 is 5.11 Å². The molecule has 0 unspecified atom stereocenters. The van der Waals surface area contributed by atoms with Gasteiger partial charge in [0.25, 0.3) is 0 Å². The number of aromatic hydroxyl groups is 1. The number of hydrogen-bond acceptors (Lipinski definition) is 2. The molecule has 1 saturated carbocycles. The smallest absolute Gasteiger partial charge is 0.123 e. The molecular formula is C12H13NO. The van der Waals surface area contributed by atoms with Crippen LogP contribution in [-0.2, 0) is 5.41 Å². The van der Waals surface area contributed by atoms with Crippen LogP contribution in [0.4, 0.5) is 0 Å². The van der Waals surface area contributed by atoms with Crippen molar-refractivity contribution in [3.8, 4) is 11.8 Å². The number of phenolic OH excluding ortho intramolecular Hbond substituents is 1. The Bertz CT molecular complexity index is 425. The monoisotopic (exact) mass is 187 g/mol. The summed E-state index contributed by atoms with van der Waals surface area (Å²) in [5, 5.41) is 18.9. The molecule has 2 heteroatoms. The van der Waals surface area contributed by atoms with Gasteiger partial charge in [0.2, 0.25) is 0 Å². The topological polar surface area (TPSA) is 44.0 Å². The summed E-state index contributed by atoms with van der Waals surface area (Å²) >= 11 is 0. The van der Waals surface area contributed by atoms with Crippen molar-refractivity contribution in [2.45, 2.75) is 32.1 Å². The Morgan fingerprint density at radius 3 is 2.50 bits per heavy atom. The van der Waals surface area contributed by atoms with Crippen molar-refractivity contribution in [3.05, 3.63) is 28.8 Å². The third-order valence-corrected chi connectivity index (χ3v) is 2.92. The fourth-order valence-corrected chi connectivity index (χ4v) is 1.89. The molecule has 72 valence electrons. The molecule has 0 radical (unpaired) electrons. The summed E-state index contributed by atoms with van der Waals surface area (Å²) in [6, 6.07) is 6.17. The zero-order chi connectivity index (χ0) is 10.3. The summed E-state index contributed by atoms with van der Waals surface area (Å²) in [5.41, 5.74) is 2.40. The van der Waals surface area contributed by atoms with Gasteiger partial charge in [-0.3, -0.25) is 0 Å². The Labute approximate surface area is 83.8 Å². The Morgan fingerprint density at radius 1 is 1.36 bits per heavy atom. The van der Waals surface area contributed by atoms with Crippen LogP contribution in [0.2, 0.25) is 0 Å². The van der Waals surface area contributed by atoms with Crippen LogP contribution in [0.3, 0.4) is 0 Å². The van der Waals surface area contributed by atoms with Gasteiger partial charge in [0.15, 0.2) is 0 Å². The molecule has 0 aliphatic heterocycles. The average Bonchev–Trinajstić information content (AvgIpc) is 2.92. The Hall–Kier alpha value is -1.49. The second-order valence-corrected chi connectivity index (χ2v) is 4.17. The van der Waals surface area contributed by atoms with Crippen LogP contribution in [-0.4, -0.2) is 5.11 Å². The highest BCUT2D eigenvalue weighted by Crippen LogP contribution is 2.51. The summed E-state index contributed by atoms with van der Waals surface area (Å²) in [6.45, 7) is 3.86. The molecule has 1 fully saturated rings. The third kappa shape index (κ3) is 1.17. The molecule has 0 atom stereocenters. The van der Waals surface area contributed by atoms with E-state index in [1.165, 1.54) is 0 Å². The van der Waals surface area contributed by atoms with Gasteiger partial charge in [0.05, 0.1) is 11.5 Å². The van der Waals surface area contributed by atoms with Crippen molar-refractivity contribution >= 4 is 0 Å². The first-order valence-electron chi connectivity index (χ1n) is 4.81. The molecule has 0 heterocycles. The van der Waals surface area contributed by atoms with Crippen molar-refractivity contribution in [1.29, 1.82) is 5.26 Å². The molecule has 2 nitrogen and oxygen atoms in total. The molecule has 14 heavy (non-hydrogen) atoms. The Kier molecular flexibility index (Phi) is 1.78. The molecule has 1 aromatic rings. The number of nitrogens with zero attached hydrogens (tertiary/aromatic N) is 1. The summed E-state index contributed by atoms with van der Waals surface area (Å²) in [6.07, 6.45) is 1.75. The molecule has 0 amide bonds. The van der Waals surface area contributed by atoms with Crippen LogP contribution < -0.4 is 0 Å². The lowest BCUT2D eigenvalue weighted by Crippen LogP contribution is -2.04. The van der Waals surface area contributed by atoms with Gasteiger partial charge in [0.1, 0.15) is 5.75 Å². The van der Waals surface area contributed by atoms with Crippen molar-refractivity contribution in [1.82, 2.24) is 0 Å². The molecule has 0 saturated heterocycles. The van der Waals surface area contributed by atoms with Crippen molar-refractivity contribution in [3.63, 3.8) is 0 Å². The van der Waals surface area contributed by atoms with Crippen LogP contribution in [0, 0.1) is 25.2 Å². The quantitative estimate of drug-likeness (QED) is 0.734. The second kappa shape index (κ2) is 2.75. The van der Waals surface area contributed by atoms with Gasteiger partial charge in [-0.1, -0.05) is 17.7 Å². The normalized spacial score (nSPS) is 17.5. The van der Waals surface area contributed by atoms with E-state index >= 15 is 0 Å².